The third-order valence-electron chi connectivity index (χ3n) is 5.00. The molecule has 3 heterocycles. The number of hydrogen-bond acceptors (Lipinski definition) is 4. The van der Waals surface area contributed by atoms with Gasteiger partial charge in [-0.05, 0) is 42.1 Å². The number of amidine groups is 1. The van der Waals surface area contributed by atoms with Gasteiger partial charge in [0, 0.05) is 42.1 Å². The van der Waals surface area contributed by atoms with E-state index in [0.717, 1.165) is 22.2 Å². The third kappa shape index (κ3) is 3.65. The maximum absolute atomic E-state index is 13.4. The van der Waals surface area contributed by atoms with Crippen LogP contribution in [0.4, 0.5) is 11.4 Å². The zero-order valence-electron chi connectivity index (χ0n) is 16.6. The normalized spacial score (nSPS) is 16.7. The molecule has 0 unspecified atom stereocenters. The molecule has 1 amide bonds. The number of anilines is 1. The first kappa shape index (κ1) is 19.6. The van der Waals surface area contributed by atoms with E-state index < -0.39 is 0 Å². The molecule has 1 aliphatic heterocycles. The van der Waals surface area contributed by atoms with E-state index in [1.54, 1.807) is 23.4 Å². The SMILES string of the molecule is Cn1cc(/C=C2\SC(=Nc3ccncc3Cl)N(c3ccccc3)C2=O)c2ccccc21. The van der Waals surface area contributed by atoms with Gasteiger partial charge in [-0.15, -0.1) is 0 Å². The van der Waals surface area contributed by atoms with E-state index >= 15 is 0 Å². The fraction of sp³-hybridized carbons (Fsp3) is 0.0417. The average Bonchev–Trinajstić information content (AvgIpc) is 3.27. The van der Waals surface area contributed by atoms with E-state index in [2.05, 4.69) is 21.7 Å². The van der Waals surface area contributed by atoms with Crippen LogP contribution in [-0.4, -0.2) is 20.6 Å². The molecule has 152 valence electrons. The summed E-state index contributed by atoms with van der Waals surface area (Å²) in [6.45, 7) is 0. The molecule has 2 aromatic carbocycles. The van der Waals surface area contributed by atoms with Crippen LogP contribution in [0.15, 0.2) is 89.2 Å². The number of amides is 1. The molecule has 5 nitrogen and oxygen atoms in total. The quantitative estimate of drug-likeness (QED) is 0.362. The molecule has 4 aromatic rings. The topological polar surface area (TPSA) is 50.5 Å². The van der Waals surface area contributed by atoms with Crippen molar-refractivity contribution in [3.8, 4) is 0 Å². The number of aliphatic imine (C=N–C) groups is 1. The maximum Gasteiger partial charge on any atom is 0.271 e. The Kier molecular flexibility index (Phi) is 5.10. The first-order chi connectivity index (χ1) is 15.1. The Labute approximate surface area is 188 Å². The van der Waals surface area contributed by atoms with E-state index in [0.29, 0.717) is 20.8 Å². The summed E-state index contributed by atoms with van der Waals surface area (Å²) < 4.78 is 2.06. The van der Waals surface area contributed by atoms with Crippen molar-refractivity contribution in [1.29, 1.82) is 0 Å². The van der Waals surface area contributed by atoms with Crippen molar-refractivity contribution in [3.05, 3.63) is 94.7 Å². The van der Waals surface area contributed by atoms with Gasteiger partial charge in [0.15, 0.2) is 5.17 Å². The summed E-state index contributed by atoms with van der Waals surface area (Å²) >= 11 is 7.60. The Hall–Kier alpha value is -3.35. The van der Waals surface area contributed by atoms with Gasteiger partial charge in [-0.25, -0.2) is 4.99 Å². The monoisotopic (exact) mass is 444 g/mol. The van der Waals surface area contributed by atoms with Crippen LogP contribution >= 0.6 is 23.4 Å². The molecule has 31 heavy (non-hydrogen) atoms. The summed E-state index contributed by atoms with van der Waals surface area (Å²) in [7, 11) is 2.00. The zero-order valence-corrected chi connectivity index (χ0v) is 18.1. The van der Waals surface area contributed by atoms with Gasteiger partial charge in [0.1, 0.15) is 0 Å². The highest BCUT2D eigenvalue weighted by Crippen LogP contribution is 2.39. The van der Waals surface area contributed by atoms with Crippen LogP contribution in [-0.2, 0) is 11.8 Å². The number of halogens is 1. The average molecular weight is 445 g/mol. The standard InChI is InChI=1S/C24H17ClN4OS/c1-28-15-16(18-9-5-6-10-21(18)28)13-22-23(30)29(17-7-3-2-4-8-17)24(31-22)27-20-11-12-26-14-19(20)25/h2-15H,1H3/b22-13-,27-24?. The van der Waals surface area contributed by atoms with E-state index in [-0.39, 0.29) is 5.91 Å². The minimum atomic E-state index is -0.118. The largest absolute Gasteiger partial charge is 0.350 e. The maximum atomic E-state index is 13.4. The summed E-state index contributed by atoms with van der Waals surface area (Å²) in [6.07, 6.45) is 7.14. The van der Waals surface area contributed by atoms with Gasteiger partial charge in [-0.2, -0.15) is 0 Å². The Balaban J connectivity index is 1.63. The second-order valence-corrected chi connectivity index (χ2v) is 8.44. The molecule has 2 aromatic heterocycles. The number of para-hydroxylation sites is 2. The number of thioether (sulfide) groups is 1. The lowest BCUT2D eigenvalue weighted by molar-refractivity contribution is -0.113. The fourth-order valence-electron chi connectivity index (χ4n) is 3.54. The van der Waals surface area contributed by atoms with Crippen molar-refractivity contribution in [3.63, 3.8) is 0 Å². The molecule has 0 N–H and O–H groups in total. The molecule has 1 fully saturated rings. The van der Waals surface area contributed by atoms with Crippen molar-refractivity contribution in [2.24, 2.45) is 12.0 Å². The van der Waals surface area contributed by atoms with Gasteiger partial charge < -0.3 is 4.57 Å². The molecule has 1 aliphatic rings. The third-order valence-corrected chi connectivity index (χ3v) is 6.26. The van der Waals surface area contributed by atoms with Crippen LogP contribution in [0.1, 0.15) is 5.56 Å². The van der Waals surface area contributed by atoms with Crippen LogP contribution in [0.3, 0.4) is 0 Å². The molecule has 5 rings (SSSR count). The van der Waals surface area contributed by atoms with Crippen molar-refractivity contribution >= 4 is 62.8 Å². The number of rotatable bonds is 3. The molecule has 0 spiro atoms. The number of aryl methyl sites for hydroxylation is 1. The van der Waals surface area contributed by atoms with Gasteiger partial charge >= 0.3 is 0 Å². The minimum absolute atomic E-state index is 0.118. The van der Waals surface area contributed by atoms with Gasteiger partial charge in [-0.1, -0.05) is 48.0 Å². The first-order valence-corrected chi connectivity index (χ1v) is 10.8. The number of pyridine rings is 1. The molecule has 0 atom stereocenters. The zero-order chi connectivity index (χ0) is 21.4. The Morgan fingerprint density at radius 2 is 1.84 bits per heavy atom. The molecular formula is C24H17ClN4OS. The van der Waals surface area contributed by atoms with Crippen LogP contribution < -0.4 is 4.90 Å². The number of carbonyl (C=O) groups is 1. The van der Waals surface area contributed by atoms with Crippen molar-refractivity contribution in [2.75, 3.05) is 4.90 Å². The number of nitrogens with zero attached hydrogens (tertiary/aromatic N) is 4. The number of aromatic nitrogens is 2. The van der Waals surface area contributed by atoms with E-state index in [1.165, 1.54) is 11.8 Å². The molecule has 0 aliphatic carbocycles. The second kappa shape index (κ2) is 8.06. The molecule has 0 bridgehead atoms. The Morgan fingerprint density at radius 3 is 2.65 bits per heavy atom. The van der Waals surface area contributed by atoms with Crippen molar-refractivity contribution in [2.45, 2.75) is 0 Å². The fourth-order valence-corrected chi connectivity index (χ4v) is 4.69. The lowest BCUT2D eigenvalue weighted by atomic mass is 10.1. The van der Waals surface area contributed by atoms with Crippen LogP contribution in [0.5, 0.6) is 0 Å². The summed E-state index contributed by atoms with van der Waals surface area (Å²) in [5, 5.41) is 2.08. The minimum Gasteiger partial charge on any atom is -0.350 e. The molecule has 0 radical (unpaired) electrons. The van der Waals surface area contributed by atoms with Gasteiger partial charge in [0.25, 0.3) is 5.91 Å². The summed E-state index contributed by atoms with van der Waals surface area (Å²) in [5.74, 6) is -0.118. The molecule has 7 heteroatoms. The number of benzene rings is 2. The van der Waals surface area contributed by atoms with Crippen LogP contribution in [0.25, 0.3) is 17.0 Å². The van der Waals surface area contributed by atoms with E-state index in [4.69, 9.17) is 16.6 Å². The summed E-state index contributed by atoms with van der Waals surface area (Å²) in [4.78, 5) is 24.4. The Morgan fingerprint density at radius 1 is 1.06 bits per heavy atom. The molecular weight excluding hydrogens is 428 g/mol. The molecule has 0 saturated carbocycles. The lowest BCUT2D eigenvalue weighted by Gasteiger charge is -2.15. The number of fused-ring (bicyclic) bond motifs is 1. The second-order valence-electron chi connectivity index (χ2n) is 7.02. The van der Waals surface area contributed by atoms with Crippen LogP contribution in [0, 0.1) is 0 Å². The van der Waals surface area contributed by atoms with Crippen molar-refractivity contribution in [1.82, 2.24) is 9.55 Å². The lowest BCUT2D eigenvalue weighted by Crippen LogP contribution is -2.28. The van der Waals surface area contributed by atoms with Gasteiger partial charge in [0.2, 0.25) is 0 Å². The highest BCUT2D eigenvalue weighted by Gasteiger charge is 2.35. The van der Waals surface area contributed by atoms with E-state index in [9.17, 15) is 4.79 Å². The highest BCUT2D eigenvalue weighted by molar-refractivity contribution is 8.19. The van der Waals surface area contributed by atoms with Crippen molar-refractivity contribution < 1.29 is 4.79 Å². The predicted molar refractivity (Wildman–Crippen MR) is 129 cm³/mol. The Bertz CT molecular complexity index is 1360. The summed E-state index contributed by atoms with van der Waals surface area (Å²) in [6, 6.07) is 19.4. The smallest absolute Gasteiger partial charge is 0.271 e. The summed E-state index contributed by atoms with van der Waals surface area (Å²) in [5.41, 5.74) is 3.43. The highest BCUT2D eigenvalue weighted by atomic mass is 35.5. The van der Waals surface area contributed by atoms with Gasteiger partial charge in [0.05, 0.1) is 21.3 Å². The van der Waals surface area contributed by atoms with Gasteiger partial charge in [-0.3, -0.25) is 14.7 Å². The predicted octanol–water partition coefficient (Wildman–Crippen LogP) is 6.04. The van der Waals surface area contributed by atoms with E-state index in [1.807, 2.05) is 61.8 Å². The molecule has 1 saturated heterocycles. The van der Waals surface area contributed by atoms with Crippen LogP contribution in [0.2, 0.25) is 5.02 Å². The number of carbonyl (C=O) groups excluding carboxylic acids is 1. The first-order valence-electron chi connectivity index (χ1n) is 9.63. The number of hydrogen-bond donors (Lipinski definition) is 0.